The molecule has 2 aromatic rings. The number of amides is 3. The maximum Gasteiger partial charge on any atom is 0.258 e. The van der Waals surface area contributed by atoms with Crippen molar-refractivity contribution < 1.29 is 14.4 Å². The van der Waals surface area contributed by atoms with Crippen LogP contribution in [0.1, 0.15) is 36.7 Å². The molecule has 2 N–H and O–H groups in total. The molecule has 0 bridgehead atoms. The second-order valence-corrected chi connectivity index (χ2v) is 8.81. The fourth-order valence-electron chi connectivity index (χ4n) is 3.51. The molecule has 2 aromatic carbocycles. The van der Waals surface area contributed by atoms with Gasteiger partial charge in [0.25, 0.3) is 5.91 Å². The van der Waals surface area contributed by atoms with Crippen LogP contribution in [-0.4, -0.2) is 54.8 Å². The molecule has 0 atom stereocenters. The van der Waals surface area contributed by atoms with Crippen LogP contribution in [0.3, 0.4) is 0 Å². The second-order valence-electron chi connectivity index (χ2n) is 8.81. The van der Waals surface area contributed by atoms with E-state index < -0.39 is 0 Å². The fourth-order valence-corrected chi connectivity index (χ4v) is 3.51. The van der Waals surface area contributed by atoms with Crippen LogP contribution in [0.5, 0.6) is 0 Å². The number of carbonyl (C=O) groups excluding carboxylic acids is 3. The summed E-state index contributed by atoms with van der Waals surface area (Å²) < 4.78 is 0. The Labute approximate surface area is 183 Å². The molecule has 164 valence electrons. The Morgan fingerprint density at radius 3 is 2.39 bits per heavy atom. The van der Waals surface area contributed by atoms with Gasteiger partial charge in [-0.3, -0.25) is 14.4 Å². The van der Waals surface area contributed by atoms with Crippen LogP contribution in [0, 0.1) is 0 Å². The molecule has 7 heteroatoms. The van der Waals surface area contributed by atoms with Gasteiger partial charge in [-0.1, -0.05) is 18.2 Å². The summed E-state index contributed by atoms with van der Waals surface area (Å²) in [6.45, 7) is 6.43. The Kier molecular flexibility index (Phi) is 6.63. The molecule has 0 spiro atoms. The summed E-state index contributed by atoms with van der Waals surface area (Å²) in [5.74, 6) is -0.426. The normalized spacial score (nSPS) is 12.8. The smallest absolute Gasteiger partial charge is 0.258 e. The molecule has 0 saturated carbocycles. The van der Waals surface area contributed by atoms with Gasteiger partial charge in [0.2, 0.25) is 11.8 Å². The quantitative estimate of drug-likeness (QED) is 0.750. The van der Waals surface area contributed by atoms with E-state index in [0.717, 1.165) is 17.8 Å². The zero-order valence-electron chi connectivity index (χ0n) is 18.6. The van der Waals surface area contributed by atoms with Crippen LogP contribution in [0.15, 0.2) is 48.5 Å². The lowest BCUT2D eigenvalue weighted by atomic mass is 10.1. The van der Waals surface area contributed by atoms with E-state index in [1.165, 1.54) is 10.5 Å². The number of hydrogen-bond acceptors (Lipinski definition) is 4. The molecule has 7 nitrogen and oxygen atoms in total. The van der Waals surface area contributed by atoms with E-state index in [2.05, 4.69) is 16.7 Å². The lowest BCUT2D eigenvalue weighted by molar-refractivity contribution is -0.133. The van der Waals surface area contributed by atoms with Crippen LogP contribution in [0.25, 0.3) is 0 Å². The highest BCUT2D eigenvalue weighted by Crippen LogP contribution is 2.29. The predicted molar refractivity (Wildman–Crippen MR) is 122 cm³/mol. The lowest BCUT2D eigenvalue weighted by Crippen LogP contribution is -2.47. The first-order chi connectivity index (χ1) is 14.6. The number of rotatable bonds is 6. The third kappa shape index (κ3) is 5.84. The number of carbonyl (C=O) groups is 3. The molecular weight excluding hydrogens is 392 g/mol. The van der Waals surface area contributed by atoms with Crippen molar-refractivity contribution in [3.63, 3.8) is 0 Å². The second kappa shape index (κ2) is 9.20. The number of nitrogens with zero attached hydrogens (tertiary/aromatic N) is 2. The summed E-state index contributed by atoms with van der Waals surface area (Å²) in [6.07, 6.45) is 0.866. The van der Waals surface area contributed by atoms with Gasteiger partial charge in [-0.25, -0.2) is 0 Å². The van der Waals surface area contributed by atoms with Gasteiger partial charge in [0, 0.05) is 36.1 Å². The van der Waals surface area contributed by atoms with Crippen LogP contribution in [-0.2, 0) is 16.0 Å². The van der Waals surface area contributed by atoms with Crippen LogP contribution < -0.4 is 15.5 Å². The molecule has 0 radical (unpaired) electrons. The molecule has 31 heavy (non-hydrogen) atoms. The largest absolute Gasteiger partial charge is 0.376 e. The van der Waals surface area contributed by atoms with Crippen molar-refractivity contribution >= 4 is 29.1 Å². The van der Waals surface area contributed by atoms with Crippen LogP contribution >= 0.6 is 0 Å². The summed E-state index contributed by atoms with van der Waals surface area (Å²) in [5, 5.41) is 5.89. The van der Waals surface area contributed by atoms with E-state index in [-0.39, 0.29) is 36.3 Å². The van der Waals surface area contributed by atoms with E-state index in [4.69, 9.17) is 0 Å². The molecule has 3 rings (SSSR count). The molecule has 0 fully saturated rings. The van der Waals surface area contributed by atoms with Crippen molar-refractivity contribution in [2.45, 2.75) is 32.7 Å². The molecule has 0 aliphatic carbocycles. The molecule has 1 aliphatic heterocycles. The van der Waals surface area contributed by atoms with Gasteiger partial charge in [0.15, 0.2) is 0 Å². The van der Waals surface area contributed by atoms with Crippen molar-refractivity contribution in [1.82, 2.24) is 10.2 Å². The summed E-state index contributed by atoms with van der Waals surface area (Å²) in [5.41, 5.74) is 3.16. The Morgan fingerprint density at radius 1 is 1.03 bits per heavy atom. The monoisotopic (exact) mass is 422 g/mol. The SMILES string of the molecule is CN(CC(=O)NC(C)(C)C)C(=O)CNc1ccc(C(=O)N2CCc3ccccc32)cc1. The Hall–Kier alpha value is -3.35. The summed E-state index contributed by atoms with van der Waals surface area (Å²) >= 11 is 0. The minimum Gasteiger partial charge on any atom is -0.376 e. The van der Waals surface area contributed by atoms with E-state index in [9.17, 15) is 14.4 Å². The average molecular weight is 423 g/mol. The molecule has 0 aromatic heterocycles. The third-order valence-electron chi connectivity index (χ3n) is 5.03. The van der Waals surface area contributed by atoms with Crippen molar-refractivity contribution in [1.29, 1.82) is 0 Å². The molecule has 1 aliphatic rings. The zero-order valence-corrected chi connectivity index (χ0v) is 18.6. The van der Waals surface area contributed by atoms with E-state index in [1.807, 2.05) is 39.0 Å². The van der Waals surface area contributed by atoms with Crippen molar-refractivity contribution in [2.75, 3.05) is 36.9 Å². The van der Waals surface area contributed by atoms with Gasteiger partial charge < -0.3 is 20.4 Å². The molecule has 1 heterocycles. The maximum atomic E-state index is 12.9. The number of nitrogens with one attached hydrogen (secondary N) is 2. The fraction of sp³-hybridized carbons (Fsp3) is 0.375. The first-order valence-corrected chi connectivity index (χ1v) is 10.4. The van der Waals surface area contributed by atoms with Gasteiger partial charge in [0.05, 0.1) is 13.1 Å². The highest BCUT2D eigenvalue weighted by atomic mass is 16.2. The van der Waals surface area contributed by atoms with Gasteiger partial charge in [-0.2, -0.15) is 0 Å². The molecule has 0 saturated heterocycles. The average Bonchev–Trinajstić information content (AvgIpc) is 3.14. The Balaban J connectivity index is 1.52. The molecule has 3 amide bonds. The number of para-hydroxylation sites is 1. The first-order valence-electron chi connectivity index (χ1n) is 10.4. The molecular formula is C24H30N4O3. The Morgan fingerprint density at radius 2 is 1.71 bits per heavy atom. The number of likely N-dealkylation sites (N-methyl/N-ethyl adjacent to an activating group) is 1. The van der Waals surface area contributed by atoms with Crippen molar-refractivity contribution in [3.8, 4) is 0 Å². The minimum absolute atomic E-state index is 0.00251. The number of benzene rings is 2. The lowest BCUT2D eigenvalue weighted by Gasteiger charge is -2.23. The first kappa shape index (κ1) is 22.3. The summed E-state index contributed by atoms with van der Waals surface area (Å²) in [4.78, 5) is 40.4. The van der Waals surface area contributed by atoms with E-state index >= 15 is 0 Å². The number of fused-ring (bicyclic) bond motifs is 1. The standard InChI is InChI=1S/C24H30N4O3/c1-24(2,3)26-21(29)16-27(4)22(30)15-25-19-11-9-18(10-12-19)23(31)28-14-13-17-7-5-6-8-20(17)28/h5-12,25H,13-16H2,1-4H3,(H,26,29). The Bertz CT molecular complexity index is 964. The highest BCUT2D eigenvalue weighted by molar-refractivity contribution is 6.07. The van der Waals surface area contributed by atoms with Gasteiger partial charge in [0.1, 0.15) is 0 Å². The number of hydrogen-bond donors (Lipinski definition) is 2. The van der Waals surface area contributed by atoms with E-state index in [1.54, 1.807) is 36.2 Å². The maximum absolute atomic E-state index is 12.9. The predicted octanol–water partition coefficient (Wildman–Crippen LogP) is 2.67. The highest BCUT2D eigenvalue weighted by Gasteiger charge is 2.25. The topological polar surface area (TPSA) is 81.8 Å². The van der Waals surface area contributed by atoms with Crippen molar-refractivity contribution in [2.24, 2.45) is 0 Å². The van der Waals surface area contributed by atoms with Gasteiger partial charge >= 0.3 is 0 Å². The van der Waals surface area contributed by atoms with Gasteiger partial charge in [-0.05, 0) is 63.1 Å². The van der Waals surface area contributed by atoms with Gasteiger partial charge in [-0.15, -0.1) is 0 Å². The third-order valence-corrected chi connectivity index (χ3v) is 5.03. The summed E-state index contributed by atoms with van der Waals surface area (Å²) in [7, 11) is 1.60. The minimum atomic E-state index is -0.338. The zero-order chi connectivity index (χ0) is 22.6. The van der Waals surface area contributed by atoms with Crippen molar-refractivity contribution in [3.05, 3.63) is 59.7 Å². The summed E-state index contributed by atoms with van der Waals surface area (Å²) in [6, 6.07) is 15.1. The number of anilines is 2. The van der Waals surface area contributed by atoms with E-state index in [0.29, 0.717) is 12.1 Å². The van der Waals surface area contributed by atoms with Crippen LogP contribution in [0.2, 0.25) is 0 Å². The van der Waals surface area contributed by atoms with Crippen LogP contribution in [0.4, 0.5) is 11.4 Å². The molecule has 0 unspecified atom stereocenters.